The monoisotopic (exact) mass is 343 g/mol. The molecular formula is C17H31N2O3S+. The van der Waals surface area contributed by atoms with E-state index in [9.17, 15) is 0 Å². The topological polar surface area (TPSA) is 56.7 Å². The van der Waals surface area contributed by atoms with Crippen molar-refractivity contribution >= 4 is 16.8 Å². The highest BCUT2D eigenvalue weighted by atomic mass is 32.2. The zero-order valence-electron chi connectivity index (χ0n) is 15.0. The van der Waals surface area contributed by atoms with Crippen LogP contribution in [0.4, 0.5) is 0 Å². The van der Waals surface area contributed by atoms with Crippen LogP contribution in [-0.4, -0.2) is 47.5 Å². The van der Waals surface area contributed by atoms with E-state index < -0.39 is 5.79 Å². The van der Waals surface area contributed by atoms with Gasteiger partial charge in [0, 0.05) is 13.0 Å². The minimum Gasteiger partial charge on any atom is -0.375 e. The number of ether oxygens (including phenoxy) is 3. The van der Waals surface area contributed by atoms with Crippen LogP contribution in [0.5, 0.6) is 0 Å². The zero-order valence-corrected chi connectivity index (χ0v) is 15.8. The minimum absolute atomic E-state index is 0.00135. The van der Waals surface area contributed by atoms with Crippen LogP contribution in [0, 0.1) is 0 Å². The lowest BCUT2D eigenvalue weighted by Gasteiger charge is -2.22. The number of fused-ring (bicyclic) bond motifs is 1. The summed E-state index contributed by atoms with van der Waals surface area (Å²) in [6.07, 6.45) is 2.15. The highest BCUT2D eigenvalue weighted by Crippen LogP contribution is 2.38. The van der Waals surface area contributed by atoms with Gasteiger partial charge in [-0.3, -0.25) is 5.32 Å². The Labute approximate surface area is 144 Å². The van der Waals surface area contributed by atoms with Crippen molar-refractivity contribution in [3.05, 3.63) is 12.4 Å². The Morgan fingerprint density at radius 1 is 1.35 bits per heavy atom. The number of nitrogens with two attached hydrogens (primary N) is 1. The molecule has 132 valence electrons. The van der Waals surface area contributed by atoms with Crippen molar-refractivity contribution in [3.63, 3.8) is 0 Å². The van der Waals surface area contributed by atoms with E-state index in [2.05, 4.69) is 23.8 Å². The van der Waals surface area contributed by atoms with Crippen LogP contribution >= 0.6 is 11.8 Å². The summed E-state index contributed by atoms with van der Waals surface area (Å²) in [6.45, 7) is 14.9. The molecule has 1 heterocycles. The number of quaternary nitrogens is 1. The Hall–Kier alpha value is -0.400. The molecule has 2 rings (SSSR count). The summed E-state index contributed by atoms with van der Waals surface area (Å²) < 4.78 is 18.0. The Morgan fingerprint density at radius 2 is 2.04 bits per heavy atom. The molecule has 5 nitrogen and oxygen atoms in total. The van der Waals surface area contributed by atoms with E-state index in [4.69, 9.17) is 14.2 Å². The third-order valence-electron chi connectivity index (χ3n) is 4.06. The van der Waals surface area contributed by atoms with Gasteiger partial charge in [-0.15, -0.1) is 11.8 Å². The first-order valence-corrected chi connectivity index (χ1v) is 9.54. The van der Waals surface area contributed by atoms with Crippen LogP contribution in [0.2, 0.25) is 0 Å². The van der Waals surface area contributed by atoms with Gasteiger partial charge in [0.1, 0.15) is 18.2 Å². The molecule has 0 spiro atoms. The fourth-order valence-corrected chi connectivity index (χ4v) is 3.96. The predicted octanol–water partition coefficient (Wildman–Crippen LogP) is 2.28. The standard InChI is InChI=1S/C17H30N2O3S/c1-7-9-23-12(4)18-11(3)19-13-10-14(20-8-2)16-15(13)21-17(5,6)22-16/h13-16,19H,3,7-10H2,1-2,4-6H3/p+1. The summed E-state index contributed by atoms with van der Waals surface area (Å²) in [4.78, 5) is 4.59. The lowest BCUT2D eigenvalue weighted by molar-refractivity contribution is -0.650. The van der Waals surface area contributed by atoms with Crippen LogP contribution in [0.15, 0.2) is 17.4 Å². The highest BCUT2D eigenvalue weighted by molar-refractivity contribution is 8.13. The van der Waals surface area contributed by atoms with Crippen LogP contribution in [0.1, 0.15) is 47.5 Å². The van der Waals surface area contributed by atoms with Gasteiger partial charge in [-0.1, -0.05) is 6.92 Å². The van der Waals surface area contributed by atoms with E-state index >= 15 is 0 Å². The first-order valence-electron chi connectivity index (χ1n) is 8.55. The lowest BCUT2D eigenvalue weighted by atomic mass is 10.2. The Bertz CT molecular complexity index is 453. The molecule has 1 aliphatic carbocycles. The van der Waals surface area contributed by atoms with Gasteiger partial charge in [0.2, 0.25) is 5.82 Å². The average Bonchev–Trinajstić information content (AvgIpc) is 2.92. The summed E-state index contributed by atoms with van der Waals surface area (Å²) in [6, 6.07) is 0.235. The van der Waals surface area contributed by atoms with Crippen LogP contribution in [0.3, 0.4) is 0 Å². The van der Waals surface area contributed by atoms with Crippen LogP contribution < -0.4 is 5.32 Å². The second kappa shape index (κ2) is 8.12. The molecule has 4 unspecified atom stereocenters. The third kappa shape index (κ3) is 5.03. The molecule has 0 aromatic heterocycles. The van der Waals surface area contributed by atoms with Crippen molar-refractivity contribution in [1.82, 2.24) is 0 Å². The maximum absolute atomic E-state index is 6.10. The predicted molar refractivity (Wildman–Crippen MR) is 94.6 cm³/mol. The summed E-state index contributed by atoms with van der Waals surface area (Å²) in [5.41, 5.74) is 0. The Kier molecular flexibility index (Phi) is 6.68. The molecule has 0 aromatic rings. The van der Waals surface area contributed by atoms with E-state index in [0.717, 1.165) is 29.5 Å². The largest absolute Gasteiger partial charge is 0.375 e. The van der Waals surface area contributed by atoms with E-state index in [1.165, 1.54) is 0 Å². The molecule has 0 radical (unpaired) electrons. The number of hydrogen-bond donors (Lipinski definition) is 1. The average molecular weight is 344 g/mol. The van der Waals surface area contributed by atoms with Gasteiger partial charge in [0.15, 0.2) is 5.79 Å². The molecule has 2 N–H and O–H groups in total. The van der Waals surface area contributed by atoms with Gasteiger partial charge in [-0.05, 0) is 46.4 Å². The molecule has 1 aliphatic heterocycles. The van der Waals surface area contributed by atoms with Crippen molar-refractivity contribution < 1.29 is 19.5 Å². The van der Waals surface area contributed by atoms with E-state index in [-0.39, 0.29) is 24.4 Å². The lowest BCUT2D eigenvalue weighted by Crippen LogP contribution is -2.89. The van der Waals surface area contributed by atoms with Crippen molar-refractivity contribution in [2.75, 3.05) is 12.4 Å². The zero-order chi connectivity index (χ0) is 17.0. The van der Waals surface area contributed by atoms with Crippen molar-refractivity contribution in [1.29, 1.82) is 0 Å². The van der Waals surface area contributed by atoms with Crippen LogP contribution in [-0.2, 0) is 14.2 Å². The Balaban J connectivity index is 1.98. The molecule has 2 aliphatic rings. The van der Waals surface area contributed by atoms with E-state index in [1.807, 2.05) is 27.7 Å². The summed E-state index contributed by atoms with van der Waals surface area (Å²) in [7, 11) is 0. The van der Waals surface area contributed by atoms with Crippen LogP contribution in [0.25, 0.3) is 0 Å². The van der Waals surface area contributed by atoms with Crippen molar-refractivity contribution in [2.24, 2.45) is 4.99 Å². The molecule has 0 bridgehead atoms. The molecule has 1 saturated carbocycles. The van der Waals surface area contributed by atoms with Gasteiger partial charge in [-0.2, -0.15) is 4.99 Å². The third-order valence-corrected chi connectivity index (χ3v) is 5.18. The fraction of sp³-hybridized carbons (Fsp3) is 0.824. The van der Waals surface area contributed by atoms with Gasteiger partial charge >= 0.3 is 0 Å². The van der Waals surface area contributed by atoms with Gasteiger partial charge in [0.05, 0.1) is 11.1 Å². The van der Waals surface area contributed by atoms with Crippen molar-refractivity contribution in [3.8, 4) is 0 Å². The molecule has 0 amide bonds. The maximum atomic E-state index is 6.10. The van der Waals surface area contributed by atoms with E-state index in [0.29, 0.717) is 6.61 Å². The molecule has 4 atom stereocenters. The van der Waals surface area contributed by atoms with Gasteiger partial charge < -0.3 is 14.2 Å². The number of nitrogens with zero attached hydrogens (tertiary/aromatic N) is 1. The first-order chi connectivity index (χ1) is 10.9. The summed E-state index contributed by atoms with van der Waals surface area (Å²) in [5, 5.41) is 3.19. The summed E-state index contributed by atoms with van der Waals surface area (Å²) >= 11 is 1.78. The minimum atomic E-state index is -0.547. The number of hydrogen-bond acceptors (Lipinski definition) is 5. The van der Waals surface area contributed by atoms with Gasteiger partial charge in [0.25, 0.3) is 0 Å². The first kappa shape index (κ1) is 18.9. The maximum Gasteiger partial charge on any atom is 0.217 e. The highest BCUT2D eigenvalue weighted by Gasteiger charge is 2.56. The molecule has 1 saturated heterocycles. The SMILES string of the molecule is C=C(N=C(C)SCCC)[NH2+]C1CC(OCC)C2OC(C)(C)OC12. The second-order valence-electron chi connectivity index (χ2n) is 6.60. The summed E-state index contributed by atoms with van der Waals surface area (Å²) in [5.74, 6) is 1.35. The number of aliphatic imine (C=N–C) groups is 1. The fourth-order valence-electron chi connectivity index (χ4n) is 3.28. The van der Waals surface area contributed by atoms with E-state index in [1.54, 1.807) is 11.8 Å². The molecular weight excluding hydrogens is 312 g/mol. The van der Waals surface area contributed by atoms with Gasteiger partial charge in [-0.25, -0.2) is 0 Å². The molecule has 23 heavy (non-hydrogen) atoms. The Morgan fingerprint density at radius 3 is 2.70 bits per heavy atom. The quantitative estimate of drug-likeness (QED) is 0.569. The molecule has 2 fully saturated rings. The molecule has 0 aromatic carbocycles. The molecule has 6 heteroatoms. The smallest absolute Gasteiger partial charge is 0.217 e. The normalized spacial score (nSPS) is 33.0. The number of rotatable bonds is 7. The van der Waals surface area contributed by atoms with Crippen molar-refractivity contribution in [2.45, 2.75) is 77.6 Å². The second-order valence-corrected chi connectivity index (χ2v) is 7.88. The number of thioether (sulfide) groups is 1.